The monoisotopic (exact) mass is 369 g/mol. The third kappa shape index (κ3) is 4.25. The fraction of sp³-hybridized carbons (Fsp3) is 0.350. The second kappa shape index (κ2) is 8.18. The van der Waals surface area contributed by atoms with Crippen molar-refractivity contribution in [1.29, 1.82) is 0 Å². The first-order valence-electron chi connectivity index (χ1n) is 9.03. The fourth-order valence-electron chi connectivity index (χ4n) is 3.59. The number of amides is 1. The Morgan fingerprint density at radius 2 is 2.04 bits per heavy atom. The predicted molar refractivity (Wildman–Crippen MR) is 102 cm³/mol. The topological polar surface area (TPSA) is 98.7 Å². The van der Waals surface area contributed by atoms with Crippen LogP contribution >= 0.6 is 0 Å². The Morgan fingerprint density at radius 3 is 2.67 bits per heavy atom. The summed E-state index contributed by atoms with van der Waals surface area (Å²) >= 11 is 0. The summed E-state index contributed by atoms with van der Waals surface area (Å²) in [7, 11) is 0. The first-order valence-corrected chi connectivity index (χ1v) is 9.03. The van der Waals surface area contributed by atoms with Crippen LogP contribution < -0.4 is 10.5 Å². The van der Waals surface area contributed by atoms with E-state index in [0.29, 0.717) is 18.7 Å². The van der Waals surface area contributed by atoms with Crippen LogP contribution in [0.3, 0.4) is 0 Å². The lowest BCUT2D eigenvalue weighted by Crippen LogP contribution is -2.23. The number of nitro groups is 1. The van der Waals surface area contributed by atoms with Crippen molar-refractivity contribution in [3.63, 3.8) is 0 Å². The normalized spacial score (nSPS) is 17.0. The molecule has 2 aromatic carbocycles. The van der Waals surface area contributed by atoms with Gasteiger partial charge in [-0.15, -0.1) is 0 Å². The average molecular weight is 369 g/mol. The van der Waals surface area contributed by atoms with Crippen molar-refractivity contribution in [3.8, 4) is 5.75 Å². The molecular formula is C20H23N3O4. The highest BCUT2D eigenvalue weighted by atomic mass is 16.6. The standard InChI is InChI=1S/C20H23N3O4/c1-2-27-17-9-7-14(8-10-17)18-4-3-11-22(18)13-16-6-5-15(20(21)24)12-19(16)23(25)26/h5-10,12,18H,2-4,11,13H2,1H3,(H2,21,24)/t18-/m0/s1. The molecule has 0 saturated carbocycles. The SMILES string of the molecule is CCOc1ccc([C@@H]2CCCN2Cc2ccc(C(N)=O)cc2[N+](=O)[O-])cc1. The van der Waals surface area contributed by atoms with Gasteiger partial charge in [0.1, 0.15) is 5.75 Å². The van der Waals surface area contributed by atoms with E-state index in [0.717, 1.165) is 25.1 Å². The molecule has 3 rings (SSSR count). The zero-order chi connectivity index (χ0) is 19.4. The smallest absolute Gasteiger partial charge is 0.274 e. The van der Waals surface area contributed by atoms with Gasteiger partial charge in [0.2, 0.25) is 5.91 Å². The number of benzene rings is 2. The molecule has 2 aromatic rings. The first-order chi connectivity index (χ1) is 13.0. The van der Waals surface area contributed by atoms with Gasteiger partial charge < -0.3 is 10.5 Å². The zero-order valence-electron chi connectivity index (χ0n) is 15.3. The Morgan fingerprint density at radius 1 is 1.30 bits per heavy atom. The van der Waals surface area contributed by atoms with Crippen molar-refractivity contribution < 1.29 is 14.5 Å². The lowest BCUT2D eigenvalue weighted by molar-refractivity contribution is -0.385. The van der Waals surface area contributed by atoms with Crippen LogP contribution in [0.25, 0.3) is 0 Å². The Bertz CT molecular complexity index is 836. The predicted octanol–water partition coefficient (Wildman–Crippen LogP) is 3.43. The van der Waals surface area contributed by atoms with Gasteiger partial charge in [-0.3, -0.25) is 19.8 Å². The van der Waals surface area contributed by atoms with Gasteiger partial charge >= 0.3 is 0 Å². The van der Waals surface area contributed by atoms with Crippen molar-refractivity contribution in [2.45, 2.75) is 32.4 Å². The van der Waals surface area contributed by atoms with E-state index >= 15 is 0 Å². The van der Waals surface area contributed by atoms with Crippen LogP contribution in [0.4, 0.5) is 5.69 Å². The van der Waals surface area contributed by atoms with E-state index in [1.165, 1.54) is 11.6 Å². The fourth-order valence-corrected chi connectivity index (χ4v) is 3.59. The summed E-state index contributed by atoms with van der Waals surface area (Å²) in [6.45, 7) is 3.89. The maximum atomic E-state index is 11.4. The van der Waals surface area contributed by atoms with Crippen molar-refractivity contribution in [3.05, 3.63) is 69.3 Å². The maximum absolute atomic E-state index is 11.4. The molecule has 0 radical (unpaired) electrons. The number of carbonyl (C=O) groups excluding carboxylic acids is 1. The molecule has 7 heteroatoms. The van der Waals surface area contributed by atoms with Crippen molar-refractivity contribution in [1.82, 2.24) is 4.90 Å². The van der Waals surface area contributed by atoms with Gasteiger partial charge in [0.25, 0.3) is 5.69 Å². The molecule has 0 unspecified atom stereocenters. The molecule has 2 N–H and O–H groups in total. The second-order valence-electron chi connectivity index (χ2n) is 6.60. The highest BCUT2D eigenvalue weighted by Crippen LogP contribution is 2.35. The van der Waals surface area contributed by atoms with E-state index in [1.54, 1.807) is 12.1 Å². The number of hydrogen-bond donors (Lipinski definition) is 1. The van der Waals surface area contributed by atoms with Gasteiger partial charge in [0, 0.05) is 29.8 Å². The van der Waals surface area contributed by atoms with E-state index in [2.05, 4.69) is 17.0 Å². The van der Waals surface area contributed by atoms with Gasteiger partial charge in [0.05, 0.1) is 11.5 Å². The molecule has 0 aromatic heterocycles. The molecule has 142 valence electrons. The Hall–Kier alpha value is -2.93. The third-order valence-corrected chi connectivity index (χ3v) is 4.88. The molecule has 0 spiro atoms. The molecule has 7 nitrogen and oxygen atoms in total. The summed E-state index contributed by atoms with van der Waals surface area (Å²) in [4.78, 5) is 24.5. The van der Waals surface area contributed by atoms with Crippen LogP contribution in [0, 0.1) is 10.1 Å². The van der Waals surface area contributed by atoms with Crippen molar-refractivity contribution >= 4 is 11.6 Å². The quantitative estimate of drug-likeness (QED) is 0.595. The average Bonchev–Trinajstić information content (AvgIpc) is 3.10. The number of carbonyl (C=O) groups is 1. The molecule has 1 amide bonds. The molecular weight excluding hydrogens is 346 g/mol. The minimum absolute atomic E-state index is 0.0661. The number of nitro benzene ring substituents is 1. The van der Waals surface area contributed by atoms with Crippen LogP contribution in [-0.4, -0.2) is 28.9 Å². The number of nitrogens with zero attached hydrogens (tertiary/aromatic N) is 2. The Kier molecular flexibility index (Phi) is 5.71. The molecule has 1 fully saturated rings. The lowest BCUT2D eigenvalue weighted by Gasteiger charge is -2.25. The van der Waals surface area contributed by atoms with Crippen molar-refractivity contribution in [2.24, 2.45) is 5.73 Å². The number of likely N-dealkylation sites (tertiary alicyclic amines) is 1. The molecule has 0 bridgehead atoms. The second-order valence-corrected chi connectivity index (χ2v) is 6.60. The first kappa shape index (κ1) is 18.8. The number of hydrogen-bond acceptors (Lipinski definition) is 5. The van der Waals surface area contributed by atoms with E-state index in [4.69, 9.17) is 10.5 Å². The van der Waals surface area contributed by atoms with Crippen LogP contribution in [0.5, 0.6) is 5.75 Å². The van der Waals surface area contributed by atoms with E-state index in [9.17, 15) is 14.9 Å². The van der Waals surface area contributed by atoms with Crippen LogP contribution in [0.15, 0.2) is 42.5 Å². The molecule has 0 aliphatic carbocycles. The number of rotatable bonds is 7. The van der Waals surface area contributed by atoms with Gasteiger partial charge in [0.15, 0.2) is 0 Å². The largest absolute Gasteiger partial charge is 0.494 e. The zero-order valence-corrected chi connectivity index (χ0v) is 15.3. The highest BCUT2D eigenvalue weighted by molar-refractivity contribution is 5.93. The van der Waals surface area contributed by atoms with Crippen molar-refractivity contribution in [2.75, 3.05) is 13.2 Å². The lowest BCUT2D eigenvalue weighted by atomic mass is 10.0. The summed E-state index contributed by atoms with van der Waals surface area (Å²) in [6.07, 6.45) is 2.03. The van der Waals surface area contributed by atoms with Crippen LogP contribution in [0.2, 0.25) is 0 Å². The molecule has 1 atom stereocenters. The maximum Gasteiger partial charge on any atom is 0.274 e. The van der Waals surface area contributed by atoms with Crippen LogP contribution in [-0.2, 0) is 6.54 Å². The van der Waals surface area contributed by atoms with Gasteiger partial charge in [-0.2, -0.15) is 0 Å². The van der Waals surface area contributed by atoms with E-state index in [-0.39, 0.29) is 17.3 Å². The Labute approximate surface area is 157 Å². The molecule has 1 aliphatic rings. The molecule has 1 aliphatic heterocycles. The number of nitrogens with two attached hydrogens (primary N) is 1. The molecule has 27 heavy (non-hydrogen) atoms. The van der Waals surface area contributed by atoms with Gasteiger partial charge in [-0.05, 0) is 50.1 Å². The van der Waals surface area contributed by atoms with Crippen LogP contribution in [0.1, 0.15) is 47.3 Å². The van der Waals surface area contributed by atoms with Gasteiger partial charge in [-0.25, -0.2) is 0 Å². The van der Waals surface area contributed by atoms with Gasteiger partial charge in [-0.1, -0.05) is 18.2 Å². The highest BCUT2D eigenvalue weighted by Gasteiger charge is 2.28. The molecule has 1 saturated heterocycles. The van der Waals surface area contributed by atoms with E-state index in [1.807, 2.05) is 19.1 Å². The number of ether oxygens (including phenoxy) is 1. The minimum atomic E-state index is -0.668. The minimum Gasteiger partial charge on any atom is -0.494 e. The summed E-state index contributed by atoms with van der Waals surface area (Å²) < 4.78 is 5.49. The molecule has 1 heterocycles. The number of primary amides is 1. The Balaban J connectivity index is 1.82. The third-order valence-electron chi connectivity index (χ3n) is 4.88. The summed E-state index contributed by atoms with van der Waals surface area (Å²) in [5.41, 5.74) is 7.09. The summed E-state index contributed by atoms with van der Waals surface area (Å²) in [5.74, 6) is 0.168. The summed E-state index contributed by atoms with van der Waals surface area (Å²) in [6, 6.07) is 12.7. The summed E-state index contributed by atoms with van der Waals surface area (Å²) in [5, 5.41) is 11.4. The van der Waals surface area contributed by atoms with E-state index < -0.39 is 10.8 Å².